The molecule has 0 aromatic rings. The van der Waals surface area contributed by atoms with Crippen molar-refractivity contribution >= 4 is 73.4 Å². The van der Waals surface area contributed by atoms with Gasteiger partial charge in [0.15, 0.2) is 5.96 Å². The summed E-state index contributed by atoms with van der Waals surface area (Å²) in [6.45, 7) is 0.881. The van der Waals surface area contributed by atoms with Crippen molar-refractivity contribution in [1.29, 1.82) is 0 Å². The molecule has 0 aliphatic heterocycles. The standard InChI is InChI=1S/C21H40N8O6S3.O.Tc/c22-21(23)25-5-1-2-14(28-17(31)13-29(7-10-37)8-11-38)20(35)26-12-16(30)27-15(3-4-18(32)33)19(34)24-6-9-36;;/h14-15,36-38H,1-13H2,(H,24,34)(H,26,35)(H,27,30)(H,28,31)(H,32,33)(H4,22,23,25);;/q;;+3/p-3/t14-,15+;;/m0../s1/i;;1+1. The monoisotopic (exact) mass is 708 g/mol. The van der Waals surface area contributed by atoms with Crippen LogP contribution >= 0.6 is 0 Å². The summed E-state index contributed by atoms with van der Waals surface area (Å²) in [6, 6.07) is -2.11. The maximum absolute atomic E-state index is 12.8. The van der Waals surface area contributed by atoms with Gasteiger partial charge in [0.1, 0.15) is 12.1 Å². The van der Waals surface area contributed by atoms with Crippen LogP contribution in [0.3, 0.4) is 0 Å². The van der Waals surface area contributed by atoms with Gasteiger partial charge in [-0.3, -0.25) is 33.9 Å². The number of amides is 4. The van der Waals surface area contributed by atoms with Gasteiger partial charge in [-0.25, -0.2) is 0 Å². The van der Waals surface area contributed by atoms with E-state index in [0.717, 1.165) is 18.9 Å². The zero-order chi connectivity index (χ0) is 30.9. The van der Waals surface area contributed by atoms with E-state index in [-0.39, 0.29) is 50.6 Å². The zero-order valence-electron chi connectivity index (χ0n) is 21.9. The Morgan fingerprint density at radius 3 is 1.93 bits per heavy atom. The number of aliphatic carboxylic acids is 1. The van der Waals surface area contributed by atoms with E-state index in [1.54, 1.807) is 4.90 Å². The van der Waals surface area contributed by atoms with Crippen LogP contribution in [-0.2, 0) is 84.2 Å². The van der Waals surface area contributed by atoms with Crippen molar-refractivity contribution in [2.45, 2.75) is 37.8 Å². The Morgan fingerprint density at radius 2 is 1.40 bits per heavy atom. The van der Waals surface area contributed by atoms with Crippen molar-refractivity contribution in [1.82, 2.24) is 26.2 Å². The molecule has 4 amide bonds. The number of carbonyl (C=O) groups is 5. The fourth-order valence-electron chi connectivity index (χ4n) is 3.11. The second-order valence-electron chi connectivity index (χ2n) is 8.02. The molecule has 40 heavy (non-hydrogen) atoms. The van der Waals surface area contributed by atoms with Gasteiger partial charge in [0.2, 0.25) is 23.6 Å². The first kappa shape index (κ1) is 40.2. The summed E-state index contributed by atoms with van der Waals surface area (Å²) in [6.07, 6.45) is 0.0524. The summed E-state index contributed by atoms with van der Waals surface area (Å²) < 4.78 is 8.22. The summed E-state index contributed by atoms with van der Waals surface area (Å²) in [5, 5.41) is 18.9. The van der Waals surface area contributed by atoms with Crippen molar-refractivity contribution in [2.75, 3.05) is 56.5 Å². The van der Waals surface area contributed by atoms with Gasteiger partial charge in [0, 0.05) is 13.0 Å². The molecule has 2 atom stereocenters. The number of nitrogens with two attached hydrogens (primary N) is 2. The minimum atomic E-state index is -1.13. The molecular weight excluding hydrogens is 671 g/mol. The van der Waals surface area contributed by atoms with E-state index in [2.05, 4.69) is 26.3 Å². The number of aliphatic imine (C=N–C) groups is 1. The first-order valence-electron chi connectivity index (χ1n) is 12.1. The van der Waals surface area contributed by atoms with Crippen LogP contribution in [0.1, 0.15) is 25.7 Å². The third kappa shape index (κ3) is 21.8. The summed E-state index contributed by atoms with van der Waals surface area (Å²) in [4.78, 5) is 66.6. The Morgan fingerprint density at radius 1 is 0.850 bits per heavy atom. The van der Waals surface area contributed by atoms with Gasteiger partial charge in [0.25, 0.3) is 0 Å². The van der Waals surface area contributed by atoms with Gasteiger partial charge in [-0.1, -0.05) is 0 Å². The average molecular weight is 709 g/mol. The summed E-state index contributed by atoms with van der Waals surface area (Å²) in [5.41, 5.74) is 10.6. The molecule has 0 saturated heterocycles. The molecule has 0 unspecified atom stereocenters. The molecule has 0 aromatic heterocycles. The van der Waals surface area contributed by atoms with E-state index in [1.165, 1.54) is 0 Å². The summed E-state index contributed by atoms with van der Waals surface area (Å²) in [7, 11) is 0. The number of hydrogen-bond donors (Lipinski definition) is 7. The van der Waals surface area contributed by atoms with Crippen LogP contribution in [-0.4, -0.2) is 114 Å². The molecule has 0 rings (SSSR count). The summed E-state index contributed by atoms with van der Waals surface area (Å²) >= 11 is 15.6. The van der Waals surface area contributed by atoms with E-state index in [9.17, 15) is 24.0 Å². The first-order chi connectivity index (χ1) is 19.0. The molecule has 0 radical (unpaired) electrons. The van der Waals surface area contributed by atoms with Crippen LogP contribution in [0.4, 0.5) is 0 Å². The van der Waals surface area contributed by atoms with Gasteiger partial charge in [0.05, 0.1) is 13.1 Å². The predicted molar refractivity (Wildman–Crippen MR) is 150 cm³/mol. The average Bonchev–Trinajstić information content (AvgIpc) is 2.91. The van der Waals surface area contributed by atoms with Gasteiger partial charge in [-0.15, -0.1) is 0 Å². The molecule has 0 aromatic carbocycles. The van der Waals surface area contributed by atoms with Gasteiger partial charge in [-0.2, -0.15) is 17.3 Å². The van der Waals surface area contributed by atoms with Gasteiger partial charge in [-0.05, 0) is 38.9 Å². The molecule has 0 aliphatic rings. The van der Waals surface area contributed by atoms with Crippen LogP contribution in [0, 0.1) is 0 Å². The fraction of sp³-hybridized carbons (Fsp3) is 0.714. The molecular formula is C21H37N8O7S3Tc. The van der Waals surface area contributed by atoms with Gasteiger partial charge < -0.3 is 75.7 Å². The number of carbonyl (C=O) groups excluding carboxylic acids is 4. The molecule has 0 bridgehead atoms. The van der Waals surface area contributed by atoms with E-state index >= 15 is 0 Å². The second kappa shape index (κ2) is 26.0. The number of carboxylic acid groups (broad SMARTS) is 1. The molecule has 0 aliphatic carbocycles. The maximum atomic E-state index is 12.8. The zero-order valence-corrected chi connectivity index (χ0v) is 26.2. The van der Waals surface area contributed by atoms with Crippen molar-refractivity contribution in [2.24, 2.45) is 16.5 Å². The molecule has 0 spiro atoms. The number of rotatable bonds is 21. The molecule has 228 valence electrons. The number of guanidine groups is 1. The Balaban J connectivity index is 0. The minimum absolute atomic E-state index is 0.00386. The van der Waals surface area contributed by atoms with E-state index in [4.69, 9.17) is 58.0 Å². The third-order valence-electron chi connectivity index (χ3n) is 4.90. The quantitative estimate of drug-likeness (QED) is 0.0260. The Hall–Kier alpha value is -1.92. The van der Waals surface area contributed by atoms with Crippen molar-refractivity contribution in [3.8, 4) is 0 Å². The predicted octanol–water partition coefficient (Wildman–Crippen LogP) is -4.07. The van der Waals surface area contributed by atoms with E-state index < -0.39 is 48.2 Å². The first-order valence-corrected chi connectivity index (χ1v) is 14.6. The Labute approximate surface area is 260 Å². The van der Waals surface area contributed by atoms with E-state index in [1.807, 2.05) is 0 Å². The Kier molecular flexibility index (Phi) is 26.2. The van der Waals surface area contributed by atoms with Crippen LogP contribution in [0.15, 0.2) is 4.99 Å². The normalized spacial score (nSPS) is 11.7. The van der Waals surface area contributed by atoms with Crippen LogP contribution < -0.4 is 32.7 Å². The number of hydrogen-bond acceptors (Lipinski definition) is 11. The molecule has 0 saturated carbocycles. The number of nitrogens with one attached hydrogen (secondary N) is 4. The van der Waals surface area contributed by atoms with E-state index in [0.29, 0.717) is 31.0 Å². The molecule has 15 nitrogen and oxygen atoms in total. The van der Waals surface area contributed by atoms with Crippen LogP contribution in [0.2, 0.25) is 0 Å². The molecule has 0 fully saturated rings. The van der Waals surface area contributed by atoms with Crippen molar-refractivity contribution in [3.63, 3.8) is 0 Å². The molecule has 0 heterocycles. The van der Waals surface area contributed by atoms with Gasteiger partial charge >= 0.3 is 28.3 Å². The van der Waals surface area contributed by atoms with Crippen molar-refractivity contribution < 1.29 is 51.4 Å². The molecule has 9 N–H and O–H groups in total. The Bertz CT molecular complexity index is 819. The number of nitrogens with zero attached hydrogens (tertiary/aromatic N) is 2. The second-order valence-corrected chi connectivity index (χ2v) is 9.24. The number of carboxylic acids is 1. The third-order valence-corrected chi connectivity index (χ3v) is 5.47. The molecule has 19 heteroatoms. The van der Waals surface area contributed by atoms with Crippen LogP contribution in [0.5, 0.6) is 0 Å². The van der Waals surface area contributed by atoms with Crippen LogP contribution in [0.25, 0.3) is 0 Å². The summed E-state index contributed by atoms with van der Waals surface area (Å²) in [5.74, 6) is -2.51. The topological polar surface area (TPSA) is 238 Å². The van der Waals surface area contributed by atoms with Crippen molar-refractivity contribution in [3.05, 3.63) is 0 Å². The SMILES string of the molecule is NC(N)=NCCC[C@H](NC(=O)CN(CC[S-])CC[S-])C(=O)NCC(=O)N[C@H](CCC(=O)O)C(=O)NCC[S-].[O]=[99Tc+3]. The fourth-order valence-corrected chi connectivity index (χ4v) is 3.73.